The van der Waals surface area contributed by atoms with Crippen LogP contribution in [-0.2, 0) is 0 Å². The smallest absolute Gasteiger partial charge is 0.232 e. The van der Waals surface area contributed by atoms with Crippen molar-refractivity contribution in [3.63, 3.8) is 0 Å². The average molecular weight is 520 g/mol. The topological polar surface area (TPSA) is 57.1 Å². The Morgan fingerprint density at radius 2 is 1.24 bits per heavy atom. The highest BCUT2D eigenvalue weighted by atomic mass is 28.2. The quantitative estimate of drug-likeness (QED) is 0.119. The van der Waals surface area contributed by atoms with Gasteiger partial charge in [0.15, 0.2) is 0 Å². The largest absolute Gasteiger partial charge is 0.494 e. The number of pyridine rings is 1. The molecule has 0 aliphatic carbocycles. The van der Waals surface area contributed by atoms with Crippen LogP contribution in [0, 0.1) is 0 Å². The fourth-order valence-corrected chi connectivity index (χ4v) is 6.20. The molecule has 0 fully saturated rings. The van der Waals surface area contributed by atoms with Crippen LogP contribution in [0.1, 0.15) is 78.1 Å². The van der Waals surface area contributed by atoms with E-state index in [1.807, 2.05) is 30.5 Å². The monoisotopic (exact) mass is 519 g/mol. The van der Waals surface area contributed by atoms with Crippen LogP contribution in [-0.4, -0.2) is 37.7 Å². The summed E-state index contributed by atoms with van der Waals surface area (Å²) in [4.78, 5) is 13.6. The van der Waals surface area contributed by atoms with E-state index in [0.29, 0.717) is 12.5 Å². The molecule has 2 aromatic heterocycles. The van der Waals surface area contributed by atoms with E-state index >= 15 is 0 Å². The van der Waals surface area contributed by atoms with Gasteiger partial charge in [-0.2, -0.15) is 0 Å². The third kappa shape index (κ3) is 11.0. The SMILES string of the molecule is CCCCCCCCOc1cnc(-c2ccc(-c3ccc(OCCCC[SiH2]CCCC)cc3)nc2)cn1. The van der Waals surface area contributed by atoms with Gasteiger partial charge in [-0.3, -0.25) is 4.98 Å². The molecule has 0 spiro atoms. The minimum absolute atomic E-state index is 0.169. The first-order valence-corrected chi connectivity index (χ1v) is 16.4. The molecule has 0 atom stereocenters. The van der Waals surface area contributed by atoms with Crippen molar-refractivity contribution in [1.82, 2.24) is 15.0 Å². The molecule has 0 saturated heterocycles. The molecule has 0 aliphatic heterocycles. The van der Waals surface area contributed by atoms with Crippen molar-refractivity contribution in [2.24, 2.45) is 0 Å². The lowest BCUT2D eigenvalue weighted by Crippen LogP contribution is -2.00. The van der Waals surface area contributed by atoms with Crippen molar-refractivity contribution >= 4 is 9.52 Å². The summed E-state index contributed by atoms with van der Waals surface area (Å²) in [5.74, 6) is 1.51. The summed E-state index contributed by atoms with van der Waals surface area (Å²) in [6, 6.07) is 15.2. The van der Waals surface area contributed by atoms with Crippen LogP contribution in [0.25, 0.3) is 22.5 Å². The van der Waals surface area contributed by atoms with Crippen molar-refractivity contribution in [3.8, 4) is 34.1 Å². The lowest BCUT2D eigenvalue weighted by Gasteiger charge is -2.08. The van der Waals surface area contributed by atoms with Crippen molar-refractivity contribution in [3.05, 3.63) is 55.0 Å². The van der Waals surface area contributed by atoms with Gasteiger partial charge >= 0.3 is 0 Å². The van der Waals surface area contributed by atoms with Gasteiger partial charge in [-0.1, -0.05) is 77.3 Å². The minimum Gasteiger partial charge on any atom is -0.494 e. The lowest BCUT2D eigenvalue weighted by molar-refractivity contribution is 0.292. The van der Waals surface area contributed by atoms with Crippen LogP contribution >= 0.6 is 0 Å². The molecule has 0 unspecified atom stereocenters. The Balaban J connectivity index is 1.39. The van der Waals surface area contributed by atoms with Gasteiger partial charge in [0.1, 0.15) is 5.75 Å². The normalized spacial score (nSPS) is 11.3. The van der Waals surface area contributed by atoms with Crippen LogP contribution in [0.4, 0.5) is 0 Å². The number of rotatable bonds is 19. The van der Waals surface area contributed by atoms with Gasteiger partial charge in [-0.05, 0) is 49.2 Å². The van der Waals surface area contributed by atoms with Crippen LogP contribution in [0.5, 0.6) is 11.6 Å². The van der Waals surface area contributed by atoms with Crippen LogP contribution < -0.4 is 9.47 Å². The zero-order chi connectivity index (χ0) is 26.0. The Morgan fingerprint density at radius 1 is 0.568 bits per heavy atom. The molecule has 5 nitrogen and oxygen atoms in total. The van der Waals surface area contributed by atoms with E-state index < -0.39 is 0 Å². The molecule has 6 heteroatoms. The summed E-state index contributed by atoms with van der Waals surface area (Å²) < 4.78 is 11.7. The first-order valence-electron chi connectivity index (χ1n) is 14.4. The van der Waals surface area contributed by atoms with Gasteiger partial charge < -0.3 is 9.47 Å². The van der Waals surface area contributed by atoms with E-state index in [0.717, 1.165) is 47.7 Å². The number of hydrogen-bond acceptors (Lipinski definition) is 5. The van der Waals surface area contributed by atoms with Crippen molar-refractivity contribution in [2.75, 3.05) is 13.2 Å². The summed E-state index contributed by atoms with van der Waals surface area (Å²) in [7, 11) is 0.169. The Hall–Kier alpha value is -2.73. The van der Waals surface area contributed by atoms with Gasteiger partial charge in [-0.25, -0.2) is 9.97 Å². The molecule has 0 amide bonds. The second-order valence-corrected chi connectivity index (χ2v) is 11.9. The molecule has 3 aromatic rings. The van der Waals surface area contributed by atoms with Crippen LogP contribution in [0.15, 0.2) is 55.0 Å². The molecule has 3 rings (SSSR count). The van der Waals surface area contributed by atoms with Crippen LogP contribution in [0.2, 0.25) is 12.1 Å². The van der Waals surface area contributed by atoms with E-state index in [9.17, 15) is 0 Å². The fourth-order valence-electron chi connectivity index (χ4n) is 4.29. The standard InChI is InChI=1S/C31H45N3O2Si/c1-3-5-7-8-9-10-20-36-31-25-33-30(24-34-31)27-15-18-29(32-23-27)26-13-16-28(17-14-26)35-19-11-12-22-37-21-6-4-2/h13-18,23-25H,3-12,19-22,37H2,1-2H3. The summed E-state index contributed by atoms with van der Waals surface area (Å²) >= 11 is 0. The molecule has 0 bridgehead atoms. The van der Waals surface area contributed by atoms with E-state index in [4.69, 9.17) is 9.47 Å². The molecule has 37 heavy (non-hydrogen) atoms. The molecule has 2 heterocycles. The van der Waals surface area contributed by atoms with Gasteiger partial charge in [0, 0.05) is 26.8 Å². The van der Waals surface area contributed by atoms with E-state index in [-0.39, 0.29) is 9.52 Å². The van der Waals surface area contributed by atoms with Crippen molar-refractivity contribution in [1.29, 1.82) is 0 Å². The van der Waals surface area contributed by atoms with Gasteiger partial charge in [0.25, 0.3) is 0 Å². The maximum atomic E-state index is 5.93. The van der Waals surface area contributed by atoms with Gasteiger partial charge in [0.05, 0.1) is 37.0 Å². The van der Waals surface area contributed by atoms with E-state index in [1.54, 1.807) is 12.4 Å². The third-order valence-electron chi connectivity index (χ3n) is 6.60. The number of aromatic nitrogens is 3. The van der Waals surface area contributed by atoms with Crippen molar-refractivity contribution in [2.45, 2.75) is 90.1 Å². The molecule has 0 saturated carbocycles. The Kier molecular flexibility index (Phi) is 13.8. The second kappa shape index (κ2) is 17.7. The highest BCUT2D eigenvalue weighted by Gasteiger charge is 2.05. The highest BCUT2D eigenvalue weighted by Crippen LogP contribution is 2.24. The summed E-state index contributed by atoms with van der Waals surface area (Å²) in [5, 5.41) is 0. The summed E-state index contributed by atoms with van der Waals surface area (Å²) in [5.41, 5.74) is 3.74. The van der Waals surface area contributed by atoms with Gasteiger partial charge in [0.2, 0.25) is 5.88 Å². The highest BCUT2D eigenvalue weighted by molar-refractivity contribution is 6.35. The molecule has 0 aliphatic rings. The van der Waals surface area contributed by atoms with Crippen LogP contribution in [0.3, 0.4) is 0 Å². The molecule has 200 valence electrons. The van der Waals surface area contributed by atoms with E-state index in [2.05, 4.69) is 40.9 Å². The first-order chi connectivity index (χ1) is 18.3. The second-order valence-electron chi connectivity index (χ2n) is 9.78. The number of hydrogen-bond donors (Lipinski definition) is 0. The Labute approximate surface area is 226 Å². The first kappa shape index (κ1) is 28.8. The zero-order valence-electron chi connectivity index (χ0n) is 23.0. The molecular formula is C31H45N3O2Si. The predicted octanol–water partition coefficient (Wildman–Crippen LogP) is 7.91. The maximum absolute atomic E-state index is 5.93. The molecule has 0 radical (unpaired) electrons. The summed E-state index contributed by atoms with van der Waals surface area (Å²) in [6.45, 7) is 6.02. The number of unbranched alkanes of at least 4 members (excludes halogenated alkanes) is 7. The number of benzene rings is 1. The number of ether oxygens (including phenoxy) is 2. The third-order valence-corrected chi connectivity index (χ3v) is 8.60. The Morgan fingerprint density at radius 3 is 1.97 bits per heavy atom. The lowest BCUT2D eigenvalue weighted by atomic mass is 10.1. The average Bonchev–Trinajstić information content (AvgIpc) is 2.95. The molecule has 1 aromatic carbocycles. The summed E-state index contributed by atoms with van der Waals surface area (Å²) in [6.07, 6.45) is 18.0. The molecular weight excluding hydrogens is 474 g/mol. The fraction of sp³-hybridized carbons (Fsp3) is 0.516. The minimum atomic E-state index is 0.169. The van der Waals surface area contributed by atoms with Gasteiger partial charge in [-0.15, -0.1) is 0 Å². The van der Waals surface area contributed by atoms with E-state index in [1.165, 1.54) is 63.5 Å². The molecule has 0 N–H and O–H groups in total. The zero-order valence-corrected chi connectivity index (χ0v) is 24.4. The van der Waals surface area contributed by atoms with Crippen molar-refractivity contribution < 1.29 is 9.47 Å². The predicted molar refractivity (Wildman–Crippen MR) is 157 cm³/mol. The Bertz CT molecular complexity index is 979. The maximum Gasteiger partial charge on any atom is 0.232 e. The number of nitrogens with zero attached hydrogens (tertiary/aromatic N) is 3.